The van der Waals surface area contributed by atoms with Gasteiger partial charge in [-0.3, -0.25) is 9.69 Å². The van der Waals surface area contributed by atoms with Crippen molar-refractivity contribution < 1.29 is 23.1 Å². The van der Waals surface area contributed by atoms with Crippen molar-refractivity contribution in [3.05, 3.63) is 64.2 Å². The van der Waals surface area contributed by atoms with Crippen molar-refractivity contribution in [2.45, 2.75) is 39.3 Å². The molecule has 1 aliphatic heterocycles. The molecule has 0 aromatic heterocycles. The number of piperazine rings is 1. The molecule has 1 saturated heterocycles. The van der Waals surface area contributed by atoms with Gasteiger partial charge in [-0.05, 0) is 35.7 Å². The molecule has 0 aliphatic carbocycles. The van der Waals surface area contributed by atoms with Gasteiger partial charge in [-0.1, -0.05) is 49.2 Å². The molecule has 3 rings (SSSR count). The lowest BCUT2D eigenvalue weighted by atomic mass is 10.1. The Morgan fingerprint density at radius 2 is 1.73 bits per heavy atom. The second-order valence-corrected chi connectivity index (χ2v) is 10.8. The summed E-state index contributed by atoms with van der Waals surface area (Å²) >= 11 is 5.95. The van der Waals surface area contributed by atoms with E-state index in [0.29, 0.717) is 62.1 Å². The van der Waals surface area contributed by atoms with E-state index in [1.165, 1.54) is 0 Å². The zero-order valence-electron chi connectivity index (χ0n) is 18.9. The SMILES string of the molecule is CCCCS(=O)(=O)N1CCN(Cc2cc(CC(=O)O)ccc2OCc2ccc(Cl)cc2)CC1. The smallest absolute Gasteiger partial charge is 0.307 e. The molecule has 1 aliphatic rings. The van der Waals surface area contributed by atoms with Crippen molar-refractivity contribution in [1.29, 1.82) is 0 Å². The zero-order valence-corrected chi connectivity index (χ0v) is 20.4. The van der Waals surface area contributed by atoms with Crippen LogP contribution in [0.1, 0.15) is 36.5 Å². The highest BCUT2D eigenvalue weighted by atomic mass is 35.5. The average Bonchev–Trinajstić information content (AvgIpc) is 2.78. The Labute approximate surface area is 201 Å². The number of hydrogen-bond acceptors (Lipinski definition) is 5. The molecule has 0 spiro atoms. The van der Waals surface area contributed by atoms with Crippen LogP contribution in [0.15, 0.2) is 42.5 Å². The van der Waals surface area contributed by atoms with Crippen LogP contribution in [-0.4, -0.2) is 60.6 Å². The number of rotatable bonds is 11. The molecule has 1 heterocycles. The molecule has 9 heteroatoms. The van der Waals surface area contributed by atoms with Gasteiger partial charge in [0.15, 0.2) is 0 Å². The molecule has 0 radical (unpaired) electrons. The number of aliphatic carboxylic acids is 1. The monoisotopic (exact) mass is 494 g/mol. The molecule has 0 atom stereocenters. The molecule has 33 heavy (non-hydrogen) atoms. The Morgan fingerprint density at radius 3 is 2.36 bits per heavy atom. The summed E-state index contributed by atoms with van der Waals surface area (Å²) in [6.07, 6.45) is 1.46. The van der Waals surface area contributed by atoms with Crippen molar-refractivity contribution in [3.8, 4) is 5.75 Å². The van der Waals surface area contributed by atoms with Gasteiger partial charge in [0.25, 0.3) is 0 Å². The number of sulfonamides is 1. The van der Waals surface area contributed by atoms with Gasteiger partial charge in [0, 0.05) is 43.3 Å². The molecule has 0 saturated carbocycles. The van der Waals surface area contributed by atoms with E-state index in [1.807, 2.05) is 43.3 Å². The van der Waals surface area contributed by atoms with Crippen molar-refractivity contribution in [1.82, 2.24) is 9.21 Å². The second-order valence-electron chi connectivity index (χ2n) is 8.27. The summed E-state index contributed by atoms with van der Waals surface area (Å²) in [5.41, 5.74) is 2.58. The van der Waals surface area contributed by atoms with E-state index >= 15 is 0 Å². The summed E-state index contributed by atoms with van der Waals surface area (Å²) in [7, 11) is -3.21. The normalized spacial score (nSPS) is 15.5. The van der Waals surface area contributed by atoms with Crippen LogP contribution < -0.4 is 4.74 Å². The summed E-state index contributed by atoms with van der Waals surface area (Å²) in [6.45, 7) is 5.07. The zero-order chi connectivity index (χ0) is 23.8. The number of nitrogens with zero attached hydrogens (tertiary/aromatic N) is 2. The number of ether oxygens (including phenoxy) is 1. The number of carbonyl (C=O) groups is 1. The van der Waals surface area contributed by atoms with Gasteiger partial charge in [-0.2, -0.15) is 4.31 Å². The van der Waals surface area contributed by atoms with E-state index in [0.717, 1.165) is 17.5 Å². The van der Waals surface area contributed by atoms with Gasteiger partial charge in [-0.15, -0.1) is 0 Å². The molecule has 1 fully saturated rings. The Bertz CT molecular complexity index is 1040. The van der Waals surface area contributed by atoms with Crippen molar-refractivity contribution in [3.63, 3.8) is 0 Å². The van der Waals surface area contributed by atoms with Crippen molar-refractivity contribution in [2.24, 2.45) is 0 Å². The van der Waals surface area contributed by atoms with E-state index in [1.54, 1.807) is 10.4 Å². The maximum Gasteiger partial charge on any atom is 0.307 e. The Balaban J connectivity index is 1.68. The van der Waals surface area contributed by atoms with Crippen LogP contribution in [0.5, 0.6) is 5.75 Å². The summed E-state index contributed by atoms with van der Waals surface area (Å²) in [4.78, 5) is 13.4. The molecular weight excluding hydrogens is 464 g/mol. The van der Waals surface area contributed by atoms with Gasteiger partial charge in [0.05, 0.1) is 12.2 Å². The predicted molar refractivity (Wildman–Crippen MR) is 129 cm³/mol. The van der Waals surface area contributed by atoms with Gasteiger partial charge >= 0.3 is 5.97 Å². The molecule has 0 bridgehead atoms. The van der Waals surface area contributed by atoms with E-state index < -0.39 is 16.0 Å². The maximum atomic E-state index is 12.5. The van der Waals surface area contributed by atoms with Crippen LogP contribution in [0.3, 0.4) is 0 Å². The van der Waals surface area contributed by atoms with Crippen LogP contribution in [0.4, 0.5) is 0 Å². The third-order valence-electron chi connectivity index (χ3n) is 5.66. The van der Waals surface area contributed by atoms with E-state index in [2.05, 4.69) is 4.90 Å². The number of benzene rings is 2. The number of carboxylic acids is 1. The standard InChI is InChI=1S/C24H31ClN2O5S/c1-2-3-14-33(30,31)27-12-10-26(11-13-27)17-21-15-20(16-24(28)29)6-9-23(21)32-18-19-4-7-22(25)8-5-19/h4-9,15H,2-3,10-14,16-18H2,1H3,(H,28,29). The van der Waals surface area contributed by atoms with Gasteiger partial charge < -0.3 is 9.84 Å². The Morgan fingerprint density at radius 1 is 1.06 bits per heavy atom. The minimum Gasteiger partial charge on any atom is -0.489 e. The first kappa shape index (κ1) is 25.5. The third kappa shape index (κ3) is 7.71. The molecule has 0 amide bonds. The number of hydrogen-bond donors (Lipinski definition) is 1. The molecule has 2 aromatic carbocycles. The molecule has 180 valence electrons. The highest BCUT2D eigenvalue weighted by molar-refractivity contribution is 7.89. The fraction of sp³-hybridized carbons (Fsp3) is 0.458. The summed E-state index contributed by atoms with van der Waals surface area (Å²) in [6, 6.07) is 12.9. The Kier molecular flexibility index (Phi) is 9.14. The molecular formula is C24H31ClN2O5S. The number of halogens is 1. The molecule has 2 aromatic rings. The van der Waals surface area contributed by atoms with Crippen molar-refractivity contribution >= 4 is 27.6 Å². The lowest BCUT2D eigenvalue weighted by molar-refractivity contribution is -0.136. The van der Waals surface area contributed by atoms with Crippen LogP contribution in [0.2, 0.25) is 5.02 Å². The van der Waals surface area contributed by atoms with E-state index in [-0.39, 0.29) is 12.2 Å². The minimum absolute atomic E-state index is 0.0616. The fourth-order valence-electron chi connectivity index (χ4n) is 3.79. The second kappa shape index (κ2) is 11.8. The summed E-state index contributed by atoms with van der Waals surface area (Å²) in [5, 5.41) is 9.84. The van der Waals surface area contributed by atoms with Crippen LogP contribution in [0.25, 0.3) is 0 Å². The molecule has 0 unspecified atom stereocenters. The van der Waals surface area contributed by atoms with Gasteiger partial charge in [0.2, 0.25) is 10.0 Å². The topological polar surface area (TPSA) is 87.2 Å². The van der Waals surface area contributed by atoms with E-state index in [4.69, 9.17) is 16.3 Å². The van der Waals surface area contributed by atoms with Crippen LogP contribution in [-0.2, 0) is 34.4 Å². The third-order valence-corrected chi connectivity index (χ3v) is 7.87. The summed E-state index contributed by atoms with van der Waals surface area (Å²) < 4.78 is 32.6. The highest BCUT2D eigenvalue weighted by Gasteiger charge is 2.26. The van der Waals surface area contributed by atoms with Gasteiger partial charge in [-0.25, -0.2) is 8.42 Å². The number of carboxylic acid groups (broad SMARTS) is 1. The fourth-order valence-corrected chi connectivity index (χ4v) is 5.54. The maximum absolute atomic E-state index is 12.5. The van der Waals surface area contributed by atoms with Crippen LogP contribution >= 0.6 is 11.6 Å². The largest absolute Gasteiger partial charge is 0.489 e. The molecule has 1 N–H and O–H groups in total. The first-order valence-corrected chi connectivity index (χ1v) is 13.2. The molecule has 7 nitrogen and oxygen atoms in total. The first-order chi connectivity index (χ1) is 15.8. The Hall–Kier alpha value is -2.13. The lowest BCUT2D eigenvalue weighted by Gasteiger charge is -2.34. The lowest BCUT2D eigenvalue weighted by Crippen LogP contribution is -2.48. The number of unbranched alkanes of at least 4 members (excludes halogenated alkanes) is 1. The predicted octanol–water partition coefficient (Wildman–Crippen LogP) is 3.79. The highest BCUT2D eigenvalue weighted by Crippen LogP contribution is 2.25. The average molecular weight is 495 g/mol. The van der Waals surface area contributed by atoms with E-state index in [9.17, 15) is 18.3 Å². The van der Waals surface area contributed by atoms with Gasteiger partial charge in [0.1, 0.15) is 12.4 Å². The van der Waals surface area contributed by atoms with Crippen molar-refractivity contribution in [2.75, 3.05) is 31.9 Å². The minimum atomic E-state index is -3.21. The quantitative estimate of drug-likeness (QED) is 0.511. The van der Waals surface area contributed by atoms with Crippen LogP contribution in [0, 0.1) is 0 Å². The summed E-state index contributed by atoms with van der Waals surface area (Å²) in [5.74, 6) is 0.00225. The first-order valence-electron chi connectivity index (χ1n) is 11.2.